The number of amides is 1. The highest BCUT2D eigenvalue weighted by atomic mass is 32.1. The molecule has 0 radical (unpaired) electrons. The van der Waals surface area contributed by atoms with Crippen molar-refractivity contribution in [2.75, 3.05) is 0 Å². The van der Waals surface area contributed by atoms with Gasteiger partial charge in [-0.2, -0.15) is 0 Å². The van der Waals surface area contributed by atoms with Crippen molar-refractivity contribution >= 4 is 18.1 Å². The van der Waals surface area contributed by atoms with Crippen molar-refractivity contribution in [3.05, 3.63) is 46.6 Å². The van der Waals surface area contributed by atoms with Crippen LogP contribution in [-0.2, 0) is 11.2 Å². The maximum absolute atomic E-state index is 11.8. The summed E-state index contributed by atoms with van der Waals surface area (Å²) in [5, 5.41) is 9.18. The number of aromatic nitrogens is 2. The molecule has 1 atom stereocenters. The first-order valence-electron chi connectivity index (χ1n) is 5.54. The van der Waals surface area contributed by atoms with E-state index in [-0.39, 0.29) is 16.8 Å². The van der Waals surface area contributed by atoms with Gasteiger partial charge in [-0.15, -0.1) is 5.10 Å². The van der Waals surface area contributed by atoms with Crippen LogP contribution in [0.3, 0.4) is 0 Å². The third kappa shape index (κ3) is 3.27. The highest BCUT2D eigenvalue weighted by Crippen LogP contribution is 2.09. The first-order valence-corrected chi connectivity index (χ1v) is 5.94. The molecule has 2 aromatic rings. The minimum absolute atomic E-state index is 0.0854. The molecule has 2 rings (SSSR count). The number of nitrogens with zero attached hydrogens (tertiary/aromatic N) is 1. The third-order valence-corrected chi connectivity index (χ3v) is 2.58. The van der Waals surface area contributed by atoms with Crippen molar-refractivity contribution < 1.29 is 9.21 Å². The number of carbonyl (C=O) groups is 1. The molecular formula is C12H13N3O2S. The van der Waals surface area contributed by atoms with Gasteiger partial charge in [-0.1, -0.05) is 30.3 Å². The Hall–Kier alpha value is -1.95. The molecule has 0 aliphatic heterocycles. The highest BCUT2D eigenvalue weighted by Gasteiger charge is 2.14. The van der Waals surface area contributed by atoms with Gasteiger partial charge in [-0.25, -0.2) is 5.10 Å². The van der Waals surface area contributed by atoms with Gasteiger partial charge in [0.25, 0.3) is 4.84 Å². The first-order chi connectivity index (χ1) is 8.65. The van der Waals surface area contributed by atoms with Gasteiger partial charge in [0.2, 0.25) is 11.8 Å². The topological polar surface area (TPSA) is 70.9 Å². The van der Waals surface area contributed by atoms with Crippen molar-refractivity contribution in [3.63, 3.8) is 0 Å². The summed E-state index contributed by atoms with van der Waals surface area (Å²) < 4.78 is 5.13. The molecule has 0 aliphatic carbocycles. The number of hydrogen-bond donors (Lipinski definition) is 2. The molecule has 6 heteroatoms. The third-order valence-electron chi connectivity index (χ3n) is 2.41. The minimum atomic E-state index is -0.311. The van der Waals surface area contributed by atoms with Crippen LogP contribution in [0.2, 0.25) is 0 Å². The zero-order valence-corrected chi connectivity index (χ0v) is 10.7. The van der Waals surface area contributed by atoms with Gasteiger partial charge in [0, 0.05) is 0 Å². The van der Waals surface area contributed by atoms with E-state index in [1.165, 1.54) is 0 Å². The Morgan fingerprint density at radius 2 is 2.22 bits per heavy atom. The van der Waals surface area contributed by atoms with E-state index in [1.807, 2.05) is 30.3 Å². The lowest BCUT2D eigenvalue weighted by molar-refractivity contribution is -0.121. The van der Waals surface area contributed by atoms with Gasteiger partial charge in [0.15, 0.2) is 0 Å². The number of carbonyl (C=O) groups excluding carboxylic acids is 1. The highest BCUT2D eigenvalue weighted by molar-refractivity contribution is 7.71. The fraction of sp³-hybridized carbons (Fsp3) is 0.250. The molecule has 0 bridgehead atoms. The second-order valence-corrected chi connectivity index (χ2v) is 4.27. The van der Waals surface area contributed by atoms with E-state index in [1.54, 1.807) is 6.92 Å². The fourth-order valence-electron chi connectivity index (χ4n) is 1.56. The van der Waals surface area contributed by atoms with E-state index in [0.29, 0.717) is 12.3 Å². The Morgan fingerprint density at radius 3 is 2.83 bits per heavy atom. The van der Waals surface area contributed by atoms with Gasteiger partial charge in [0.1, 0.15) is 6.04 Å². The van der Waals surface area contributed by atoms with E-state index in [0.717, 1.165) is 5.56 Å². The Morgan fingerprint density at radius 1 is 1.50 bits per heavy atom. The number of benzene rings is 1. The number of rotatable bonds is 4. The zero-order chi connectivity index (χ0) is 13.0. The Kier molecular flexibility index (Phi) is 3.88. The lowest BCUT2D eigenvalue weighted by Gasteiger charge is -2.09. The Bertz CT molecular complexity index is 576. The Labute approximate surface area is 109 Å². The van der Waals surface area contributed by atoms with Gasteiger partial charge in [-0.3, -0.25) is 4.79 Å². The molecule has 0 aliphatic rings. The molecule has 0 saturated carbocycles. The summed E-state index contributed by atoms with van der Waals surface area (Å²) in [6.45, 7) is 1.79. The standard InChI is InChI=1S/C12H13N3O2S/c1-8(11-14-15-12(18)17-11)13-10(16)7-9-5-3-2-4-6-9/h2-6,8H,7H2,1H3,(H,13,16)(H,15,18)/t8-/m0/s1. The smallest absolute Gasteiger partial charge is 0.284 e. The van der Waals surface area contributed by atoms with Crippen molar-refractivity contribution in [2.24, 2.45) is 0 Å². The van der Waals surface area contributed by atoms with Crippen molar-refractivity contribution in [2.45, 2.75) is 19.4 Å². The maximum atomic E-state index is 11.8. The van der Waals surface area contributed by atoms with Crippen LogP contribution < -0.4 is 5.32 Å². The molecule has 0 spiro atoms. The normalized spacial score (nSPS) is 12.1. The molecular weight excluding hydrogens is 250 g/mol. The average Bonchev–Trinajstić information content (AvgIpc) is 2.77. The molecule has 18 heavy (non-hydrogen) atoms. The van der Waals surface area contributed by atoms with Gasteiger partial charge >= 0.3 is 0 Å². The number of aromatic amines is 1. The predicted molar refractivity (Wildman–Crippen MR) is 68.4 cm³/mol. The molecule has 0 saturated heterocycles. The quantitative estimate of drug-likeness (QED) is 0.829. The molecule has 2 N–H and O–H groups in total. The van der Waals surface area contributed by atoms with E-state index < -0.39 is 0 Å². The van der Waals surface area contributed by atoms with Gasteiger partial charge < -0.3 is 9.73 Å². The monoisotopic (exact) mass is 263 g/mol. The largest absolute Gasteiger partial charge is 0.412 e. The van der Waals surface area contributed by atoms with Crippen LogP contribution in [0.1, 0.15) is 24.4 Å². The summed E-state index contributed by atoms with van der Waals surface area (Å²) in [6.07, 6.45) is 0.330. The first kappa shape index (κ1) is 12.5. The van der Waals surface area contributed by atoms with Crippen LogP contribution in [0, 0.1) is 4.84 Å². The summed E-state index contributed by atoms with van der Waals surface area (Å²) in [5.41, 5.74) is 0.963. The van der Waals surface area contributed by atoms with Gasteiger partial charge in [-0.05, 0) is 24.7 Å². The van der Waals surface area contributed by atoms with E-state index in [2.05, 4.69) is 15.5 Å². The number of nitrogens with one attached hydrogen (secondary N) is 2. The SMILES string of the molecule is C[C@H](NC(=O)Cc1ccccc1)c1n[nH]c(=S)o1. The lowest BCUT2D eigenvalue weighted by Crippen LogP contribution is -2.28. The molecule has 1 heterocycles. The summed E-state index contributed by atoms with van der Waals surface area (Å²) in [6, 6.07) is 9.22. The maximum Gasteiger partial charge on any atom is 0.284 e. The second kappa shape index (κ2) is 5.59. The second-order valence-electron chi connectivity index (χ2n) is 3.90. The summed E-state index contributed by atoms with van der Waals surface area (Å²) in [7, 11) is 0. The molecule has 0 unspecified atom stereocenters. The van der Waals surface area contributed by atoms with E-state index in [4.69, 9.17) is 16.6 Å². The Balaban J connectivity index is 1.94. The van der Waals surface area contributed by atoms with Crippen LogP contribution in [0.15, 0.2) is 34.7 Å². The molecule has 1 amide bonds. The fourth-order valence-corrected chi connectivity index (χ4v) is 1.69. The number of H-pyrrole nitrogens is 1. The van der Waals surface area contributed by atoms with Crippen LogP contribution >= 0.6 is 12.2 Å². The summed E-state index contributed by atoms with van der Waals surface area (Å²) in [4.78, 5) is 12.0. The van der Waals surface area contributed by atoms with E-state index in [9.17, 15) is 4.79 Å². The molecule has 5 nitrogen and oxygen atoms in total. The number of hydrogen-bond acceptors (Lipinski definition) is 4. The predicted octanol–water partition coefficient (Wildman–Crippen LogP) is 2.15. The lowest BCUT2D eigenvalue weighted by atomic mass is 10.1. The van der Waals surface area contributed by atoms with Crippen molar-refractivity contribution in [1.82, 2.24) is 15.5 Å². The van der Waals surface area contributed by atoms with Crippen molar-refractivity contribution in [3.8, 4) is 0 Å². The minimum Gasteiger partial charge on any atom is -0.412 e. The molecule has 94 valence electrons. The van der Waals surface area contributed by atoms with Crippen LogP contribution in [0.4, 0.5) is 0 Å². The average molecular weight is 263 g/mol. The molecule has 1 aromatic carbocycles. The summed E-state index contributed by atoms with van der Waals surface area (Å²) in [5.74, 6) is 0.291. The van der Waals surface area contributed by atoms with Crippen molar-refractivity contribution in [1.29, 1.82) is 0 Å². The summed E-state index contributed by atoms with van der Waals surface area (Å²) >= 11 is 4.77. The van der Waals surface area contributed by atoms with E-state index >= 15 is 0 Å². The molecule has 0 fully saturated rings. The van der Waals surface area contributed by atoms with Crippen LogP contribution in [0.5, 0.6) is 0 Å². The van der Waals surface area contributed by atoms with Crippen LogP contribution in [-0.4, -0.2) is 16.1 Å². The van der Waals surface area contributed by atoms with Crippen LogP contribution in [0.25, 0.3) is 0 Å². The molecule has 1 aromatic heterocycles. The van der Waals surface area contributed by atoms with Gasteiger partial charge in [0.05, 0.1) is 6.42 Å². The zero-order valence-electron chi connectivity index (χ0n) is 9.84.